The smallest absolute Gasteiger partial charge is 0.0677 e. The van der Waals surface area contributed by atoms with Crippen molar-refractivity contribution in [1.82, 2.24) is 0 Å². The van der Waals surface area contributed by atoms with E-state index in [1.165, 1.54) is 0 Å². The predicted molar refractivity (Wildman–Crippen MR) is 48.4 cm³/mol. The van der Waals surface area contributed by atoms with Gasteiger partial charge in [0.25, 0.3) is 0 Å². The van der Waals surface area contributed by atoms with Crippen molar-refractivity contribution in [2.45, 2.75) is 0 Å². The molecule has 1 nitrogen and oxygen atoms in total. The molecule has 0 N–H and O–H groups in total. The zero-order chi connectivity index (χ0) is 7.66. The van der Waals surface area contributed by atoms with Gasteiger partial charge in [-0.3, -0.25) is 0 Å². The fourth-order valence-corrected chi connectivity index (χ4v) is 0.447. The summed E-state index contributed by atoms with van der Waals surface area (Å²) in [7, 11) is 0. The van der Waals surface area contributed by atoms with Crippen LogP contribution in [0.3, 0.4) is 0 Å². The maximum atomic E-state index is 4.37. The first-order chi connectivity index (χ1) is 4.91. The van der Waals surface area contributed by atoms with Crippen LogP contribution in [0.15, 0.2) is 42.0 Å². The van der Waals surface area contributed by atoms with Crippen LogP contribution in [0.25, 0.3) is 0 Å². The lowest BCUT2D eigenvalue weighted by Gasteiger charge is -1.74. The summed E-state index contributed by atoms with van der Waals surface area (Å²) >= 11 is 4.37. The Morgan fingerprint density at radius 2 is 2.20 bits per heavy atom. The highest BCUT2D eigenvalue weighted by atomic mass is 32.1. The highest BCUT2D eigenvalue weighted by Gasteiger charge is 1.64. The second-order valence-corrected chi connectivity index (χ2v) is 1.66. The van der Waals surface area contributed by atoms with Gasteiger partial charge < -0.3 is 0 Å². The summed E-state index contributed by atoms with van der Waals surface area (Å²) in [5.41, 5.74) is 0. The molecule has 0 aromatic rings. The summed E-state index contributed by atoms with van der Waals surface area (Å²) in [6, 6.07) is 0. The minimum Gasteiger partial charge on any atom is -0.228 e. The van der Waals surface area contributed by atoms with Gasteiger partial charge >= 0.3 is 0 Å². The van der Waals surface area contributed by atoms with Crippen LogP contribution in [0, 0.1) is 0 Å². The van der Waals surface area contributed by atoms with Gasteiger partial charge in [-0.1, -0.05) is 37.0 Å². The summed E-state index contributed by atoms with van der Waals surface area (Å²) in [6.07, 6.45) is 9.22. The third-order valence-electron chi connectivity index (χ3n) is 0.756. The number of rotatable bonds is 4. The number of nitrogens with zero attached hydrogens (tertiary/aromatic N) is 1. The standard InChI is InChI=1S/C8H9NS/c1-2-3-4-5-6-7-9-8-10/h2-6H,1,7H2. The Hall–Kier alpha value is -0.980. The number of aliphatic imine (C=N–C) groups is 1. The number of allylic oxidation sites excluding steroid dienone is 4. The molecule has 0 saturated heterocycles. The van der Waals surface area contributed by atoms with Crippen molar-refractivity contribution in [1.29, 1.82) is 0 Å². The molecule has 0 amide bonds. The molecule has 0 aromatic heterocycles. The second-order valence-electron chi connectivity index (χ2n) is 1.48. The van der Waals surface area contributed by atoms with Crippen LogP contribution in [0.4, 0.5) is 0 Å². The van der Waals surface area contributed by atoms with Crippen LogP contribution in [0.1, 0.15) is 0 Å². The molecule has 0 aliphatic carbocycles. The molecule has 0 atom stereocenters. The topological polar surface area (TPSA) is 12.4 Å². The molecule has 10 heavy (non-hydrogen) atoms. The van der Waals surface area contributed by atoms with Crippen LogP contribution in [0.5, 0.6) is 0 Å². The third-order valence-corrected chi connectivity index (χ3v) is 0.885. The Morgan fingerprint density at radius 1 is 1.40 bits per heavy atom. The molecule has 0 aromatic carbocycles. The molecule has 0 fully saturated rings. The van der Waals surface area contributed by atoms with Crippen LogP contribution in [0.2, 0.25) is 0 Å². The lowest BCUT2D eigenvalue weighted by atomic mass is 10.4. The highest BCUT2D eigenvalue weighted by Crippen LogP contribution is 1.78. The van der Waals surface area contributed by atoms with Gasteiger partial charge in [0, 0.05) is 0 Å². The zero-order valence-electron chi connectivity index (χ0n) is 5.66. The lowest BCUT2D eigenvalue weighted by Crippen LogP contribution is -1.65. The minimum absolute atomic E-state index is 0.602. The van der Waals surface area contributed by atoms with Gasteiger partial charge in [-0.2, -0.15) is 0 Å². The molecule has 2 heteroatoms. The summed E-state index contributed by atoms with van der Waals surface area (Å²) < 4.78 is 0. The molecule has 52 valence electrons. The van der Waals surface area contributed by atoms with E-state index in [2.05, 4.69) is 29.0 Å². The van der Waals surface area contributed by atoms with Crippen LogP contribution in [-0.4, -0.2) is 11.7 Å². The second kappa shape index (κ2) is 8.02. The quantitative estimate of drug-likeness (QED) is 0.341. The predicted octanol–water partition coefficient (Wildman–Crippen LogP) is 2.39. The van der Waals surface area contributed by atoms with Crippen molar-refractivity contribution in [3.8, 4) is 0 Å². The number of hydrogen-bond acceptors (Lipinski definition) is 2. The van der Waals surface area contributed by atoms with Gasteiger partial charge in [0.15, 0.2) is 0 Å². The average Bonchev–Trinajstić information content (AvgIpc) is 1.97. The van der Waals surface area contributed by atoms with E-state index < -0.39 is 0 Å². The highest BCUT2D eigenvalue weighted by molar-refractivity contribution is 7.78. The molecule has 0 aliphatic rings. The Bertz CT molecular complexity index is 185. The molecule has 0 rings (SSSR count). The SMILES string of the molecule is C=CC=CC=CCN=C=S. The molecular formula is C8H9NS. The van der Waals surface area contributed by atoms with Crippen LogP contribution >= 0.6 is 12.2 Å². The van der Waals surface area contributed by atoms with Crippen molar-refractivity contribution < 1.29 is 0 Å². The Balaban J connectivity index is 3.46. The van der Waals surface area contributed by atoms with Crippen molar-refractivity contribution >= 4 is 17.4 Å². The van der Waals surface area contributed by atoms with Crippen molar-refractivity contribution in [3.63, 3.8) is 0 Å². The first-order valence-electron chi connectivity index (χ1n) is 2.89. The Kier molecular flexibility index (Phi) is 7.23. The van der Waals surface area contributed by atoms with E-state index in [-0.39, 0.29) is 0 Å². The normalized spacial score (nSPS) is 10.0. The molecular weight excluding hydrogens is 142 g/mol. The number of hydrogen-bond donors (Lipinski definition) is 0. The van der Waals surface area contributed by atoms with Gasteiger partial charge in [0.2, 0.25) is 0 Å². The average molecular weight is 151 g/mol. The van der Waals surface area contributed by atoms with Crippen molar-refractivity contribution in [2.75, 3.05) is 6.54 Å². The molecule has 0 aliphatic heterocycles. The molecule has 0 radical (unpaired) electrons. The van der Waals surface area contributed by atoms with Crippen LogP contribution in [-0.2, 0) is 0 Å². The minimum atomic E-state index is 0.602. The summed E-state index contributed by atoms with van der Waals surface area (Å²) in [5, 5.41) is 2.27. The molecule has 0 bridgehead atoms. The maximum Gasteiger partial charge on any atom is 0.0677 e. The van der Waals surface area contributed by atoms with Gasteiger partial charge in [-0.25, -0.2) is 4.99 Å². The van der Waals surface area contributed by atoms with Crippen LogP contribution < -0.4 is 0 Å². The lowest BCUT2D eigenvalue weighted by molar-refractivity contribution is 1.27. The van der Waals surface area contributed by atoms with E-state index in [9.17, 15) is 0 Å². The number of thiocarbonyl (C=S) groups is 1. The van der Waals surface area contributed by atoms with Crippen molar-refractivity contribution in [2.24, 2.45) is 4.99 Å². The van der Waals surface area contributed by atoms with Gasteiger partial charge in [-0.15, -0.1) is 0 Å². The largest absolute Gasteiger partial charge is 0.228 e. The zero-order valence-corrected chi connectivity index (χ0v) is 6.47. The van der Waals surface area contributed by atoms with E-state index in [0.717, 1.165) is 0 Å². The Morgan fingerprint density at radius 3 is 2.80 bits per heavy atom. The molecule has 0 unspecified atom stereocenters. The molecule has 0 heterocycles. The first kappa shape index (κ1) is 9.02. The fourth-order valence-electron chi connectivity index (χ4n) is 0.372. The summed E-state index contributed by atoms with van der Waals surface area (Å²) in [6.45, 7) is 4.12. The summed E-state index contributed by atoms with van der Waals surface area (Å²) in [5.74, 6) is 0. The maximum absolute atomic E-state index is 4.37. The van der Waals surface area contributed by atoms with E-state index in [1.54, 1.807) is 6.08 Å². The third kappa shape index (κ3) is 7.02. The number of isothiocyanates is 1. The van der Waals surface area contributed by atoms with Gasteiger partial charge in [0.1, 0.15) is 0 Å². The van der Waals surface area contributed by atoms with E-state index in [4.69, 9.17) is 0 Å². The van der Waals surface area contributed by atoms with Gasteiger partial charge in [0.05, 0.1) is 11.7 Å². The first-order valence-corrected chi connectivity index (χ1v) is 3.30. The molecule has 0 spiro atoms. The van der Waals surface area contributed by atoms with Crippen molar-refractivity contribution in [3.05, 3.63) is 37.0 Å². The van der Waals surface area contributed by atoms with E-state index in [0.29, 0.717) is 6.54 Å². The van der Waals surface area contributed by atoms with Gasteiger partial charge in [-0.05, 0) is 12.2 Å². The van der Waals surface area contributed by atoms with E-state index >= 15 is 0 Å². The summed E-state index contributed by atoms with van der Waals surface area (Å²) in [4.78, 5) is 3.69. The fraction of sp³-hybridized carbons (Fsp3) is 0.125. The molecule has 0 saturated carbocycles. The Labute approximate surface area is 66.5 Å². The van der Waals surface area contributed by atoms with E-state index in [1.807, 2.05) is 24.3 Å². The monoisotopic (exact) mass is 151 g/mol.